The van der Waals surface area contributed by atoms with Gasteiger partial charge in [0.2, 0.25) is 0 Å². The van der Waals surface area contributed by atoms with Crippen LogP contribution in [0.4, 0.5) is 0 Å². The molecule has 0 saturated carbocycles. The summed E-state index contributed by atoms with van der Waals surface area (Å²) in [6, 6.07) is 15.5. The Morgan fingerprint density at radius 2 is 1.90 bits per heavy atom. The zero-order valence-corrected chi connectivity index (χ0v) is 11.6. The van der Waals surface area contributed by atoms with Crippen molar-refractivity contribution in [3.63, 3.8) is 0 Å². The highest BCUT2D eigenvalue weighted by molar-refractivity contribution is 5.86. The Labute approximate surface area is 122 Å². The average molecular weight is 278 g/mol. The van der Waals surface area contributed by atoms with Crippen molar-refractivity contribution in [3.8, 4) is 11.4 Å². The lowest BCUT2D eigenvalue weighted by Crippen LogP contribution is -2.05. The van der Waals surface area contributed by atoms with E-state index in [0.29, 0.717) is 5.82 Å². The van der Waals surface area contributed by atoms with Gasteiger partial charge in [0.15, 0.2) is 5.82 Å². The molecule has 4 nitrogen and oxygen atoms in total. The molecule has 0 fully saturated rings. The topological polar surface area (TPSA) is 52.1 Å². The minimum atomic E-state index is -0.276. The molecule has 0 aliphatic heterocycles. The summed E-state index contributed by atoms with van der Waals surface area (Å²) in [5, 5.41) is 0.913. The molecule has 0 bridgehead atoms. The van der Waals surface area contributed by atoms with Crippen molar-refractivity contribution in [1.29, 1.82) is 0 Å². The number of nitrogens with zero attached hydrogens (tertiary/aromatic N) is 2. The molecule has 3 aromatic rings. The molecule has 0 radical (unpaired) electrons. The van der Waals surface area contributed by atoms with Gasteiger partial charge in [0.1, 0.15) is 0 Å². The van der Waals surface area contributed by atoms with Crippen LogP contribution in [0.2, 0.25) is 0 Å². The SMILES string of the molecule is COC(=O)Cc1cccc2cnc(-c3ccccc3)nc12. The van der Waals surface area contributed by atoms with Crippen LogP contribution in [0.1, 0.15) is 5.56 Å². The molecule has 1 heterocycles. The van der Waals surface area contributed by atoms with Crippen LogP contribution in [0.5, 0.6) is 0 Å². The van der Waals surface area contributed by atoms with Gasteiger partial charge in [-0.05, 0) is 5.56 Å². The van der Waals surface area contributed by atoms with E-state index in [4.69, 9.17) is 4.74 Å². The van der Waals surface area contributed by atoms with Crippen LogP contribution in [0.3, 0.4) is 0 Å². The molecule has 0 aliphatic rings. The largest absolute Gasteiger partial charge is 0.469 e. The molecule has 0 aliphatic carbocycles. The van der Waals surface area contributed by atoms with Crippen LogP contribution in [0.15, 0.2) is 54.7 Å². The maximum absolute atomic E-state index is 11.5. The van der Waals surface area contributed by atoms with Crippen molar-refractivity contribution in [2.75, 3.05) is 7.11 Å². The molecule has 1 aromatic heterocycles. The third kappa shape index (κ3) is 2.74. The Kier molecular flexibility index (Phi) is 3.60. The summed E-state index contributed by atoms with van der Waals surface area (Å²) in [4.78, 5) is 20.5. The fraction of sp³-hybridized carbons (Fsp3) is 0.118. The van der Waals surface area contributed by atoms with Crippen molar-refractivity contribution in [2.24, 2.45) is 0 Å². The van der Waals surface area contributed by atoms with Gasteiger partial charge in [-0.1, -0.05) is 48.5 Å². The second-order valence-electron chi connectivity index (χ2n) is 4.67. The first-order chi connectivity index (χ1) is 10.3. The van der Waals surface area contributed by atoms with Gasteiger partial charge >= 0.3 is 5.97 Å². The smallest absolute Gasteiger partial charge is 0.310 e. The van der Waals surface area contributed by atoms with Gasteiger partial charge in [-0.25, -0.2) is 9.97 Å². The first-order valence-electron chi connectivity index (χ1n) is 6.65. The zero-order valence-electron chi connectivity index (χ0n) is 11.6. The average Bonchev–Trinajstić information content (AvgIpc) is 2.55. The summed E-state index contributed by atoms with van der Waals surface area (Å²) in [5.74, 6) is 0.378. The molecular weight excluding hydrogens is 264 g/mol. The lowest BCUT2D eigenvalue weighted by atomic mass is 10.1. The normalized spacial score (nSPS) is 10.5. The number of hydrogen-bond donors (Lipinski definition) is 0. The summed E-state index contributed by atoms with van der Waals surface area (Å²) in [6.07, 6.45) is 1.99. The van der Waals surface area contributed by atoms with Crippen molar-refractivity contribution in [1.82, 2.24) is 9.97 Å². The van der Waals surface area contributed by atoms with Gasteiger partial charge in [0, 0.05) is 17.1 Å². The predicted octanol–water partition coefficient (Wildman–Crippen LogP) is 3.01. The van der Waals surface area contributed by atoms with E-state index in [9.17, 15) is 4.79 Å². The molecular formula is C17H14N2O2. The molecule has 0 spiro atoms. The highest BCUT2D eigenvalue weighted by Gasteiger charge is 2.10. The van der Waals surface area contributed by atoms with E-state index in [-0.39, 0.29) is 12.4 Å². The quantitative estimate of drug-likeness (QED) is 0.691. The summed E-state index contributed by atoms with van der Waals surface area (Å²) in [5.41, 5.74) is 2.59. The number of hydrogen-bond acceptors (Lipinski definition) is 4. The van der Waals surface area contributed by atoms with E-state index >= 15 is 0 Å². The van der Waals surface area contributed by atoms with Crippen molar-refractivity contribution in [3.05, 3.63) is 60.3 Å². The van der Waals surface area contributed by atoms with E-state index in [1.807, 2.05) is 48.5 Å². The van der Waals surface area contributed by atoms with Gasteiger partial charge in [0.25, 0.3) is 0 Å². The van der Waals surface area contributed by atoms with E-state index in [1.54, 1.807) is 6.20 Å². The molecule has 0 amide bonds. The second kappa shape index (κ2) is 5.71. The molecule has 0 atom stereocenters. The highest BCUT2D eigenvalue weighted by Crippen LogP contribution is 2.21. The Hall–Kier alpha value is -2.75. The van der Waals surface area contributed by atoms with E-state index < -0.39 is 0 Å². The number of para-hydroxylation sites is 1. The van der Waals surface area contributed by atoms with Gasteiger partial charge < -0.3 is 4.74 Å². The van der Waals surface area contributed by atoms with E-state index in [0.717, 1.165) is 22.0 Å². The molecule has 4 heteroatoms. The number of carbonyl (C=O) groups is 1. The van der Waals surface area contributed by atoms with Crippen LogP contribution >= 0.6 is 0 Å². The summed E-state index contributed by atoms with van der Waals surface area (Å²) in [6.45, 7) is 0. The fourth-order valence-electron chi connectivity index (χ4n) is 2.21. The van der Waals surface area contributed by atoms with Crippen LogP contribution in [0.25, 0.3) is 22.3 Å². The van der Waals surface area contributed by atoms with Gasteiger partial charge in [-0.3, -0.25) is 4.79 Å². The number of aromatic nitrogens is 2. The summed E-state index contributed by atoms with van der Waals surface area (Å²) >= 11 is 0. The molecule has 2 aromatic carbocycles. The Morgan fingerprint density at radius 3 is 2.67 bits per heavy atom. The van der Waals surface area contributed by atoms with Crippen LogP contribution in [-0.2, 0) is 16.0 Å². The zero-order chi connectivity index (χ0) is 14.7. The van der Waals surface area contributed by atoms with Crippen molar-refractivity contribution < 1.29 is 9.53 Å². The van der Waals surface area contributed by atoms with Crippen LogP contribution in [-0.4, -0.2) is 23.0 Å². The number of benzene rings is 2. The molecule has 21 heavy (non-hydrogen) atoms. The minimum Gasteiger partial charge on any atom is -0.469 e. The highest BCUT2D eigenvalue weighted by atomic mass is 16.5. The maximum atomic E-state index is 11.5. The number of methoxy groups -OCH3 is 1. The first-order valence-corrected chi connectivity index (χ1v) is 6.65. The number of fused-ring (bicyclic) bond motifs is 1. The van der Waals surface area contributed by atoms with Crippen molar-refractivity contribution in [2.45, 2.75) is 6.42 Å². The molecule has 0 unspecified atom stereocenters. The van der Waals surface area contributed by atoms with Gasteiger partial charge in [-0.15, -0.1) is 0 Å². The first kappa shape index (κ1) is 13.2. The molecule has 104 valence electrons. The minimum absolute atomic E-state index is 0.207. The lowest BCUT2D eigenvalue weighted by molar-refractivity contribution is -0.139. The van der Waals surface area contributed by atoms with E-state index in [1.165, 1.54) is 7.11 Å². The van der Waals surface area contributed by atoms with Crippen molar-refractivity contribution >= 4 is 16.9 Å². The predicted molar refractivity (Wildman–Crippen MR) is 80.7 cm³/mol. The maximum Gasteiger partial charge on any atom is 0.310 e. The lowest BCUT2D eigenvalue weighted by Gasteiger charge is -2.06. The summed E-state index contributed by atoms with van der Waals surface area (Å²) in [7, 11) is 1.39. The number of ether oxygens (including phenoxy) is 1. The van der Waals surface area contributed by atoms with Gasteiger partial charge in [-0.2, -0.15) is 0 Å². The molecule has 3 rings (SSSR count). The Balaban J connectivity index is 2.11. The van der Waals surface area contributed by atoms with E-state index in [2.05, 4.69) is 9.97 Å². The number of esters is 1. The Bertz CT molecular complexity index is 785. The molecule has 0 saturated heterocycles. The van der Waals surface area contributed by atoms with Gasteiger partial charge in [0.05, 0.1) is 19.0 Å². The summed E-state index contributed by atoms with van der Waals surface area (Å²) < 4.78 is 4.74. The third-order valence-electron chi connectivity index (χ3n) is 3.29. The fourth-order valence-corrected chi connectivity index (χ4v) is 2.21. The molecule has 0 N–H and O–H groups in total. The number of carbonyl (C=O) groups excluding carboxylic acids is 1. The monoisotopic (exact) mass is 278 g/mol. The van der Waals surface area contributed by atoms with Crippen LogP contribution < -0.4 is 0 Å². The Morgan fingerprint density at radius 1 is 1.10 bits per heavy atom. The number of rotatable bonds is 3. The third-order valence-corrected chi connectivity index (χ3v) is 3.29. The van der Waals surface area contributed by atoms with Crippen LogP contribution in [0, 0.1) is 0 Å². The second-order valence-corrected chi connectivity index (χ2v) is 4.67. The standard InChI is InChI=1S/C17H14N2O2/c1-21-15(20)10-13-8-5-9-14-11-18-17(19-16(13)14)12-6-3-2-4-7-12/h2-9,11H,10H2,1H3.